The summed E-state index contributed by atoms with van der Waals surface area (Å²) in [5.74, 6) is 1.29. The van der Waals surface area contributed by atoms with Crippen LogP contribution in [0.2, 0.25) is 5.02 Å². The maximum Gasteiger partial charge on any atom is 0.161 e. The highest BCUT2D eigenvalue weighted by atomic mass is 35.5. The topological polar surface area (TPSA) is 42.8 Å². The minimum Gasteiger partial charge on any atom is -0.493 e. The van der Waals surface area contributed by atoms with Gasteiger partial charge in [-0.3, -0.25) is 5.43 Å². The van der Waals surface area contributed by atoms with Crippen LogP contribution in [0.25, 0.3) is 0 Å². The van der Waals surface area contributed by atoms with Gasteiger partial charge in [0, 0.05) is 10.6 Å². The average molecular weight is 367 g/mol. The molecule has 26 heavy (non-hydrogen) atoms. The molecule has 0 unspecified atom stereocenters. The monoisotopic (exact) mass is 366 g/mol. The Labute approximate surface area is 158 Å². The molecule has 132 valence electrons. The van der Waals surface area contributed by atoms with Crippen LogP contribution >= 0.6 is 11.6 Å². The third-order valence-corrected chi connectivity index (χ3v) is 4.08. The highest BCUT2D eigenvalue weighted by Gasteiger charge is 2.07. The van der Waals surface area contributed by atoms with Crippen molar-refractivity contribution in [2.75, 3.05) is 12.5 Å². The summed E-state index contributed by atoms with van der Waals surface area (Å²) in [6, 6.07) is 23.0. The quantitative estimate of drug-likeness (QED) is 0.451. The summed E-state index contributed by atoms with van der Waals surface area (Å²) in [6.45, 7) is 0.374. The van der Waals surface area contributed by atoms with E-state index in [-0.39, 0.29) is 0 Å². The molecule has 0 aliphatic heterocycles. The lowest BCUT2D eigenvalue weighted by Gasteiger charge is -2.12. The van der Waals surface area contributed by atoms with E-state index in [9.17, 15) is 0 Å². The number of hydrogen-bond donors (Lipinski definition) is 1. The number of hydrogen-bond acceptors (Lipinski definition) is 4. The Morgan fingerprint density at radius 3 is 2.50 bits per heavy atom. The minimum atomic E-state index is 0.374. The SMILES string of the molecule is COc1cc(/C=N/Nc2ccccc2)ccc1OCc1ccccc1Cl. The van der Waals surface area contributed by atoms with Crippen LogP contribution in [-0.4, -0.2) is 13.3 Å². The molecule has 5 heteroatoms. The van der Waals surface area contributed by atoms with Crippen LogP contribution in [0.4, 0.5) is 5.69 Å². The number of halogens is 1. The molecule has 0 heterocycles. The first-order valence-electron chi connectivity index (χ1n) is 8.14. The van der Waals surface area contributed by atoms with Gasteiger partial charge in [0.2, 0.25) is 0 Å². The largest absolute Gasteiger partial charge is 0.493 e. The number of anilines is 1. The molecule has 0 saturated heterocycles. The number of para-hydroxylation sites is 1. The Morgan fingerprint density at radius 1 is 0.962 bits per heavy atom. The van der Waals surface area contributed by atoms with E-state index >= 15 is 0 Å². The molecule has 3 rings (SSSR count). The highest BCUT2D eigenvalue weighted by Crippen LogP contribution is 2.29. The predicted octanol–water partition coefficient (Wildman–Crippen LogP) is 5.37. The Balaban J connectivity index is 1.66. The Morgan fingerprint density at radius 2 is 1.73 bits per heavy atom. The third-order valence-electron chi connectivity index (χ3n) is 3.71. The molecule has 1 N–H and O–H groups in total. The number of rotatable bonds is 7. The van der Waals surface area contributed by atoms with Gasteiger partial charge in [0.05, 0.1) is 19.0 Å². The first-order chi connectivity index (χ1) is 12.8. The van der Waals surface area contributed by atoms with Crippen molar-refractivity contribution in [3.63, 3.8) is 0 Å². The first-order valence-corrected chi connectivity index (χ1v) is 8.52. The van der Waals surface area contributed by atoms with Gasteiger partial charge in [-0.25, -0.2) is 0 Å². The second-order valence-corrected chi connectivity index (χ2v) is 5.93. The highest BCUT2D eigenvalue weighted by molar-refractivity contribution is 6.31. The van der Waals surface area contributed by atoms with Crippen LogP contribution in [0, 0.1) is 0 Å². The van der Waals surface area contributed by atoms with Gasteiger partial charge < -0.3 is 9.47 Å². The fraction of sp³-hybridized carbons (Fsp3) is 0.0952. The van der Waals surface area contributed by atoms with E-state index in [4.69, 9.17) is 21.1 Å². The van der Waals surface area contributed by atoms with Gasteiger partial charge in [0.1, 0.15) is 6.61 Å². The molecule has 0 aliphatic rings. The van der Waals surface area contributed by atoms with E-state index in [1.165, 1.54) is 0 Å². The standard InChI is InChI=1S/C21H19ClN2O2/c1-25-21-13-16(14-23-24-18-8-3-2-4-9-18)11-12-20(21)26-15-17-7-5-6-10-19(17)22/h2-14,24H,15H2,1H3/b23-14+. The number of benzene rings is 3. The molecule has 3 aromatic carbocycles. The Bertz CT molecular complexity index is 882. The van der Waals surface area contributed by atoms with Gasteiger partial charge in [0.15, 0.2) is 11.5 Å². The Hall–Kier alpha value is -2.98. The minimum absolute atomic E-state index is 0.374. The summed E-state index contributed by atoms with van der Waals surface area (Å²) in [5.41, 5.74) is 5.73. The fourth-order valence-electron chi connectivity index (χ4n) is 2.35. The number of hydrazone groups is 1. The lowest BCUT2D eigenvalue weighted by molar-refractivity contribution is 0.284. The zero-order valence-electron chi connectivity index (χ0n) is 14.4. The van der Waals surface area contributed by atoms with Gasteiger partial charge in [-0.1, -0.05) is 48.0 Å². The molecule has 3 aromatic rings. The summed E-state index contributed by atoms with van der Waals surface area (Å²) < 4.78 is 11.3. The third kappa shape index (κ3) is 4.77. The summed E-state index contributed by atoms with van der Waals surface area (Å²) in [5, 5.41) is 4.92. The number of nitrogens with one attached hydrogen (secondary N) is 1. The molecule has 0 radical (unpaired) electrons. The molecule has 0 aliphatic carbocycles. The first kappa shape index (κ1) is 17.8. The van der Waals surface area contributed by atoms with Crippen LogP contribution in [0.5, 0.6) is 11.5 Å². The lowest BCUT2D eigenvalue weighted by Crippen LogP contribution is -1.99. The summed E-state index contributed by atoms with van der Waals surface area (Å²) in [4.78, 5) is 0. The van der Waals surface area contributed by atoms with Crippen LogP contribution in [-0.2, 0) is 6.61 Å². The van der Waals surface area contributed by atoms with Crippen LogP contribution < -0.4 is 14.9 Å². The van der Waals surface area contributed by atoms with E-state index in [2.05, 4.69) is 10.5 Å². The van der Waals surface area contributed by atoms with Crippen LogP contribution in [0.1, 0.15) is 11.1 Å². The molecule has 4 nitrogen and oxygen atoms in total. The second kappa shape index (κ2) is 8.92. The van der Waals surface area contributed by atoms with Crippen molar-refractivity contribution in [3.05, 3.63) is 88.9 Å². The van der Waals surface area contributed by atoms with E-state index in [0.29, 0.717) is 23.1 Å². The van der Waals surface area contributed by atoms with Gasteiger partial charge in [-0.2, -0.15) is 5.10 Å². The van der Waals surface area contributed by atoms with Crippen molar-refractivity contribution < 1.29 is 9.47 Å². The molecule has 0 amide bonds. The zero-order valence-corrected chi connectivity index (χ0v) is 15.1. The molecule has 0 saturated carbocycles. The molecular weight excluding hydrogens is 348 g/mol. The molecule has 0 fully saturated rings. The Kier molecular flexibility index (Phi) is 6.12. The smallest absolute Gasteiger partial charge is 0.161 e. The van der Waals surface area contributed by atoms with Crippen molar-refractivity contribution in [1.82, 2.24) is 0 Å². The van der Waals surface area contributed by atoms with E-state index in [1.807, 2.05) is 72.8 Å². The molecule has 0 atom stereocenters. The van der Waals surface area contributed by atoms with Gasteiger partial charge in [-0.05, 0) is 42.0 Å². The molecule has 0 bridgehead atoms. The van der Waals surface area contributed by atoms with E-state index in [1.54, 1.807) is 13.3 Å². The molecular formula is C21H19ClN2O2. The zero-order chi connectivity index (χ0) is 18.2. The van der Waals surface area contributed by atoms with E-state index in [0.717, 1.165) is 16.8 Å². The maximum absolute atomic E-state index is 6.16. The van der Waals surface area contributed by atoms with Crippen molar-refractivity contribution in [2.45, 2.75) is 6.61 Å². The molecule has 0 spiro atoms. The van der Waals surface area contributed by atoms with E-state index < -0.39 is 0 Å². The van der Waals surface area contributed by atoms with Gasteiger partial charge in [0.25, 0.3) is 0 Å². The fourth-order valence-corrected chi connectivity index (χ4v) is 2.54. The van der Waals surface area contributed by atoms with Crippen LogP contribution in [0.15, 0.2) is 77.9 Å². The van der Waals surface area contributed by atoms with Crippen molar-refractivity contribution in [3.8, 4) is 11.5 Å². The number of ether oxygens (including phenoxy) is 2. The van der Waals surface area contributed by atoms with Crippen LogP contribution in [0.3, 0.4) is 0 Å². The van der Waals surface area contributed by atoms with Crippen molar-refractivity contribution in [1.29, 1.82) is 0 Å². The summed E-state index contributed by atoms with van der Waals surface area (Å²) in [6.07, 6.45) is 1.73. The second-order valence-electron chi connectivity index (χ2n) is 5.53. The average Bonchev–Trinajstić information content (AvgIpc) is 2.68. The maximum atomic E-state index is 6.16. The summed E-state index contributed by atoms with van der Waals surface area (Å²) >= 11 is 6.16. The normalized spacial score (nSPS) is 10.7. The number of nitrogens with zero attached hydrogens (tertiary/aromatic N) is 1. The van der Waals surface area contributed by atoms with Gasteiger partial charge in [-0.15, -0.1) is 0 Å². The predicted molar refractivity (Wildman–Crippen MR) is 106 cm³/mol. The van der Waals surface area contributed by atoms with Gasteiger partial charge >= 0.3 is 0 Å². The van der Waals surface area contributed by atoms with Crippen molar-refractivity contribution >= 4 is 23.5 Å². The van der Waals surface area contributed by atoms with Crippen molar-refractivity contribution in [2.24, 2.45) is 5.10 Å². The summed E-state index contributed by atoms with van der Waals surface area (Å²) in [7, 11) is 1.61. The molecule has 0 aromatic heterocycles. The lowest BCUT2D eigenvalue weighted by atomic mass is 10.2. The number of methoxy groups -OCH3 is 1.